The maximum Gasteiger partial charge on any atom is 0.325 e. The number of nitrogens with one attached hydrogen (secondary N) is 2. The fourth-order valence-electron chi connectivity index (χ4n) is 1.78. The second-order valence-corrected chi connectivity index (χ2v) is 4.91. The van der Waals surface area contributed by atoms with Gasteiger partial charge in [0.15, 0.2) is 6.61 Å². The lowest BCUT2D eigenvalue weighted by atomic mass is 10.2. The number of rotatable bonds is 6. The molecule has 0 heterocycles. The van der Waals surface area contributed by atoms with Crippen LogP contribution in [0, 0.1) is 11.6 Å². The Hall–Kier alpha value is -3.29. The molecular formula is C17H14F2N2O4. The van der Waals surface area contributed by atoms with E-state index >= 15 is 0 Å². The molecule has 0 bridgehead atoms. The van der Waals surface area contributed by atoms with Gasteiger partial charge < -0.3 is 15.4 Å². The van der Waals surface area contributed by atoms with Gasteiger partial charge in [0.1, 0.15) is 18.2 Å². The monoisotopic (exact) mass is 348 g/mol. The standard InChI is InChI=1S/C17H14F2N2O4/c18-12-3-1-11(2-4-12)17(24)20-9-16(23)25-10-15(22)21-14-7-5-13(19)6-8-14/h1-8H,9-10H2,(H,20,24)(H,21,22). The highest BCUT2D eigenvalue weighted by atomic mass is 19.1. The molecule has 0 aliphatic rings. The molecule has 2 aromatic rings. The van der Waals surface area contributed by atoms with Gasteiger partial charge in [-0.25, -0.2) is 8.78 Å². The van der Waals surface area contributed by atoms with E-state index in [1.165, 1.54) is 36.4 Å². The van der Waals surface area contributed by atoms with Crippen molar-refractivity contribution in [3.63, 3.8) is 0 Å². The van der Waals surface area contributed by atoms with Crippen LogP contribution in [0.3, 0.4) is 0 Å². The Morgan fingerprint density at radius 1 is 0.880 bits per heavy atom. The molecule has 0 aliphatic heterocycles. The van der Waals surface area contributed by atoms with Crippen LogP contribution in [0.5, 0.6) is 0 Å². The van der Waals surface area contributed by atoms with Gasteiger partial charge in [0.25, 0.3) is 11.8 Å². The number of benzene rings is 2. The van der Waals surface area contributed by atoms with Crippen LogP contribution in [0.25, 0.3) is 0 Å². The van der Waals surface area contributed by atoms with Crippen LogP contribution < -0.4 is 10.6 Å². The van der Waals surface area contributed by atoms with Crippen LogP contribution in [0.4, 0.5) is 14.5 Å². The molecule has 25 heavy (non-hydrogen) atoms. The van der Waals surface area contributed by atoms with Gasteiger partial charge in [-0.2, -0.15) is 0 Å². The van der Waals surface area contributed by atoms with E-state index in [1.54, 1.807) is 0 Å². The van der Waals surface area contributed by atoms with Crippen molar-refractivity contribution in [2.75, 3.05) is 18.5 Å². The second kappa shape index (κ2) is 8.53. The molecule has 0 unspecified atom stereocenters. The van der Waals surface area contributed by atoms with Crippen molar-refractivity contribution < 1.29 is 27.9 Å². The molecule has 0 aliphatic carbocycles. The first-order valence-electron chi connectivity index (χ1n) is 7.19. The van der Waals surface area contributed by atoms with Crippen LogP contribution in [0.2, 0.25) is 0 Å². The Kier molecular flexibility index (Phi) is 6.16. The average molecular weight is 348 g/mol. The number of halogens is 2. The summed E-state index contributed by atoms with van der Waals surface area (Å²) in [5.74, 6) is -2.92. The highest BCUT2D eigenvalue weighted by molar-refractivity contribution is 5.96. The van der Waals surface area contributed by atoms with E-state index in [2.05, 4.69) is 10.6 Å². The normalized spacial score (nSPS) is 10.0. The molecule has 2 amide bonds. The van der Waals surface area contributed by atoms with Gasteiger partial charge in [-0.1, -0.05) is 0 Å². The fraction of sp³-hybridized carbons (Fsp3) is 0.118. The van der Waals surface area contributed by atoms with Gasteiger partial charge in [0, 0.05) is 11.3 Å². The molecule has 2 N–H and O–H groups in total. The van der Waals surface area contributed by atoms with Crippen LogP contribution in [-0.2, 0) is 14.3 Å². The average Bonchev–Trinajstić information content (AvgIpc) is 2.60. The Bertz CT molecular complexity index is 761. The molecule has 0 radical (unpaired) electrons. The van der Waals surface area contributed by atoms with E-state index in [0.717, 1.165) is 12.1 Å². The topological polar surface area (TPSA) is 84.5 Å². The van der Waals surface area contributed by atoms with Gasteiger partial charge in [0.05, 0.1) is 0 Å². The molecule has 0 saturated carbocycles. The maximum atomic E-state index is 12.8. The highest BCUT2D eigenvalue weighted by Crippen LogP contribution is 2.07. The molecule has 2 aromatic carbocycles. The van der Waals surface area contributed by atoms with Crippen LogP contribution in [0.15, 0.2) is 48.5 Å². The van der Waals surface area contributed by atoms with Crippen molar-refractivity contribution >= 4 is 23.5 Å². The van der Waals surface area contributed by atoms with E-state index < -0.39 is 42.6 Å². The van der Waals surface area contributed by atoms with Gasteiger partial charge in [-0.3, -0.25) is 14.4 Å². The Morgan fingerprint density at radius 3 is 2.04 bits per heavy atom. The van der Waals surface area contributed by atoms with Gasteiger partial charge in [-0.15, -0.1) is 0 Å². The lowest BCUT2D eigenvalue weighted by Crippen LogP contribution is -2.32. The van der Waals surface area contributed by atoms with Crippen molar-refractivity contribution in [2.45, 2.75) is 0 Å². The molecular weight excluding hydrogens is 334 g/mol. The first kappa shape index (κ1) is 18.1. The predicted octanol–water partition coefficient (Wildman–Crippen LogP) is 1.88. The number of carbonyl (C=O) groups excluding carboxylic acids is 3. The first-order valence-corrected chi connectivity index (χ1v) is 7.19. The fourth-order valence-corrected chi connectivity index (χ4v) is 1.78. The van der Waals surface area contributed by atoms with Crippen LogP contribution in [-0.4, -0.2) is 30.9 Å². The summed E-state index contributed by atoms with van der Waals surface area (Å²) in [6.45, 7) is -0.997. The summed E-state index contributed by atoms with van der Waals surface area (Å²) in [7, 11) is 0. The molecule has 0 atom stereocenters. The minimum atomic E-state index is -0.815. The third-order valence-corrected chi connectivity index (χ3v) is 2.99. The molecule has 0 spiro atoms. The van der Waals surface area contributed by atoms with Gasteiger partial charge >= 0.3 is 5.97 Å². The summed E-state index contributed by atoms with van der Waals surface area (Å²) >= 11 is 0. The molecule has 0 saturated heterocycles. The third kappa shape index (κ3) is 6.02. The van der Waals surface area contributed by atoms with Gasteiger partial charge in [0.2, 0.25) is 0 Å². The zero-order valence-corrected chi connectivity index (χ0v) is 12.9. The van der Waals surface area contributed by atoms with E-state index in [9.17, 15) is 23.2 Å². The Morgan fingerprint density at radius 2 is 1.44 bits per heavy atom. The SMILES string of the molecule is O=C(COC(=O)CNC(=O)c1ccc(F)cc1)Nc1ccc(F)cc1. The molecule has 0 aromatic heterocycles. The van der Waals surface area contributed by atoms with Crippen LogP contribution in [0.1, 0.15) is 10.4 Å². The number of anilines is 1. The zero-order valence-electron chi connectivity index (χ0n) is 12.9. The zero-order chi connectivity index (χ0) is 18.2. The molecule has 2 rings (SSSR count). The highest BCUT2D eigenvalue weighted by Gasteiger charge is 2.11. The van der Waals surface area contributed by atoms with Crippen molar-refractivity contribution in [3.8, 4) is 0 Å². The maximum absolute atomic E-state index is 12.8. The molecule has 0 fully saturated rings. The number of hydrogen-bond acceptors (Lipinski definition) is 4. The molecule has 8 heteroatoms. The summed E-state index contributed by atoms with van der Waals surface area (Å²) < 4.78 is 30.2. The van der Waals surface area contributed by atoms with Crippen molar-refractivity contribution in [1.82, 2.24) is 5.32 Å². The second-order valence-electron chi connectivity index (χ2n) is 4.91. The quantitative estimate of drug-likeness (QED) is 0.781. The summed E-state index contributed by atoms with van der Waals surface area (Å²) in [6, 6.07) is 9.84. The third-order valence-electron chi connectivity index (χ3n) is 2.99. The Labute approximate surface area is 141 Å². The number of ether oxygens (including phenoxy) is 1. The summed E-state index contributed by atoms with van der Waals surface area (Å²) in [5, 5.41) is 4.70. The summed E-state index contributed by atoms with van der Waals surface area (Å²) in [5.41, 5.74) is 0.537. The Balaban J connectivity index is 1.71. The van der Waals surface area contributed by atoms with E-state index in [4.69, 9.17) is 4.74 Å². The lowest BCUT2D eigenvalue weighted by Gasteiger charge is -2.07. The van der Waals surface area contributed by atoms with Crippen LogP contribution >= 0.6 is 0 Å². The summed E-state index contributed by atoms with van der Waals surface area (Å²) in [4.78, 5) is 34.8. The van der Waals surface area contributed by atoms with E-state index in [-0.39, 0.29) is 5.56 Å². The van der Waals surface area contributed by atoms with Gasteiger partial charge in [-0.05, 0) is 48.5 Å². The van der Waals surface area contributed by atoms with Crippen molar-refractivity contribution in [3.05, 3.63) is 65.7 Å². The minimum Gasteiger partial charge on any atom is -0.454 e. The first-order chi connectivity index (χ1) is 11.9. The molecule has 6 nitrogen and oxygen atoms in total. The lowest BCUT2D eigenvalue weighted by molar-refractivity contribution is -0.146. The number of hydrogen-bond donors (Lipinski definition) is 2. The number of esters is 1. The number of amides is 2. The number of carbonyl (C=O) groups is 3. The molecule has 130 valence electrons. The largest absolute Gasteiger partial charge is 0.454 e. The summed E-state index contributed by atoms with van der Waals surface area (Å²) in [6.07, 6.45) is 0. The van der Waals surface area contributed by atoms with Crippen molar-refractivity contribution in [1.29, 1.82) is 0 Å². The predicted molar refractivity (Wildman–Crippen MR) is 84.7 cm³/mol. The van der Waals surface area contributed by atoms with E-state index in [1.807, 2.05) is 0 Å². The minimum absolute atomic E-state index is 0.184. The van der Waals surface area contributed by atoms with E-state index in [0.29, 0.717) is 5.69 Å². The smallest absolute Gasteiger partial charge is 0.325 e. The van der Waals surface area contributed by atoms with Crippen molar-refractivity contribution in [2.24, 2.45) is 0 Å².